The van der Waals surface area contributed by atoms with Crippen LogP contribution < -0.4 is 29.6 Å². The zero-order valence-corrected chi connectivity index (χ0v) is 22.9. The van der Waals surface area contributed by atoms with E-state index in [1.54, 1.807) is 59.7 Å². The Morgan fingerprint density at radius 2 is 1.24 bits per heavy atom. The molecule has 11 nitrogen and oxygen atoms in total. The molecule has 0 saturated heterocycles. The molecule has 0 saturated carbocycles. The van der Waals surface area contributed by atoms with E-state index in [4.69, 9.17) is 28.4 Å². The molecule has 0 atom stereocenters. The quantitative estimate of drug-likeness (QED) is 0.413. The minimum Gasteiger partial charge on any atom is -0.453 e. The normalized spacial score (nSPS) is 13.2. The van der Waals surface area contributed by atoms with Gasteiger partial charge in [0.15, 0.2) is 23.0 Å². The van der Waals surface area contributed by atoms with Crippen molar-refractivity contribution < 1.29 is 42.8 Å². The van der Waals surface area contributed by atoms with Crippen LogP contribution in [0.5, 0.6) is 23.0 Å². The Bertz CT molecular complexity index is 1190. The van der Waals surface area contributed by atoms with Crippen molar-refractivity contribution in [1.82, 2.24) is 0 Å². The summed E-state index contributed by atoms with van der Waals surface area (Å²) >= 11 is 3.34. The molecule has 0 bridgehead atoms. The number of carbonyl (C=O) groups is 3. The Labute approximate surface area is 222 Å². The fraction of sp³-hybridized carbons (Fsp3) is 0.400. The van der Waals surface area contributed by atoms with Gasteiger partial charge in [0, 0.05) is 10.0 Å². The van der Waals surface area contributed by atoms with E-state index in [9.17, 15) is 14.4 Å². The summed E-state index contributed by atoms with van der Waals surface area (Å²) in [5, 5.41) is 5.19. The van der Waals surface area contributed by atoms with Crippen LogP contribution >= 0.6 is 15.9 Å². The average molecular weight is 581 g/mol. The molecule has 2 heterocycles. The Hall–Kier alpha value is -3.67. The van der Waals surface area contributed by atoms with Gasteiger partial charge in [-0.3, -0.25) is 15.4 Å². The molecule has 0 aliphatic carbocycles. The van der Waals surface area contributed by atoms with Crippen LogP contribution in [-0.2, 0) is 9.47 Å². The number of fused-ring (bicyclic) bond motifs is 2. The number of hydrogen-bond donors (Lipinski definition) is 2. The molecule has 0 aromatic heterocycles. The summed E-state index contributed by atoms with van der Waals surface area (Å²) in [7, 11) is 0. The van der Waals surface area contributed by atoms with Crippen molar-refractivity contribution in [1.29, 1.82) is 0 Å². The number of hydrogen-bond acceptors (Lipinski definition) is 9. The zero-order chi connectivity index (χ0) is 27.4. The predicted octanol–water partition coefficient (Wildman–Crippen LogP) is 6.10. The maximum Gasteiger partial charge on any atom is 0.412 e. The molecular weight excluding hydrogens is 552 g/mol. The molecule has 0 radical (unpaired) electrons. The van der Waals surface area contributed by atoms with Crippen molar-refractivity contribution in [2.45, 2.75) is 52.7 Å². The molecule has 2 N–H and O–H groups in total. The van der Waals surface area contributed by atoms with Gasteiger partial charge in [-0.05, 0) is 65.8 Å². The van der Waals surface area contributed by atoms with Crippen molar-refractivity contribution in [3.8, 4) is 23.0 Å². The van der Waals surface area contributed by atoms with Gasteiger partial charge in [0.2, 0.25) is 13.6 Å². The van der Waals surface area contributed by atoms with E-state index in [2.05, 4.69) is 26.6 Å². The molecule has 0 unspecified atom stereocenters. The van der Waals surface area contributed by atoms with Crippen LogP contribution in [0.15, 0.2) is 28.7 Å². The van der Waals surface area contributed by atoms with Crippen LogP contribution in [0.4, 0.5) is 21.0 Å². The van der Waals surface area contributed by atoms with Crippen molar-refractivity contribution in [2.24, 2.45) is 0 Å². The lowest BCUT2D eigenvalue weighted by Crippen LogP contribution is -2.27. The van der Waals surface area contributed by atoms with Gasteiger partial charge in [-0.1, -0.05) is 15.9 Å². The van der Waals surface area contributed by atoms with E-state index in [1.165, 1.54) is 6.07 Å². The van der Waals surface area contributed by atoms with Gasteiger partial charge in [0.25, 0.3) is 0 Å². The number of aldehydes is 1. The standard InChI is InChI=1S/C13H15NO5.C12H14BrNO4/c1-13(2,3)19-12(16)14-9-4-8(6-15)5-10-11(9)18-7-17-10;1-12(2,3)18-11(15)14-8-4-7(13)5-9-10(8)17-6-16-9/h4-6H,7H2,1-3H3,(H,14,16);4-5H,6H2,1-3H3,(H,14,15). The van der Waals surface area contributed by atoms with Crippen LogP contribution in [0.25, 0.3) is 0 Å². The van der Waals surface area contributed by atoms with Gasteiger partial charge in [0.05, 0.1) is 11.4 Å². The summed E-state index contributed by atoms with van der Waals surface area (Å²) in [5.74, 6) is 1.94. The second-order valence-electron chi connectivity index (χ2n) is 9.86. The van der Waals surface area contributed by atoms with Gasteiger partial charge in [-0.25, -0.2) is 9.59 Å². The van der Waals surface area contributed by atoms with Crippen molar-refractivity contribution >= 4 is 45.8 Å². The molecule has 37 heavy (non-hydrogen) atoms. The highest BCUT2D eigenvalue weighted by atomic mass is 79.9. The molecule has 2 aromatic rings. The van der Waals surface area contributed by atoms with E-state index in [0.717, 1.165) is 4.47 Å². The third-order valence-corrected chi connectivity index (χ3v) is 4.80. The van der Waals surface area contributed by atoms with Crippen LogP contribution in [0, 0.1) is 0 Å². The highest BCUT2D eigenvalue weighted by molar-refractivity contribution is 9.10. The van der Waals surface area contributed by atoms with Crippen LogP contribution in [0.3, 0.4) is 0 Å². The lowest BCUT2D eigenvalue weighted by atomic mass is 10.2. The minimum absolute atomic E-state index is 0.0562. The van der Waals surface area contributed by atoms with Gasteiger partial charge in [-0.15, -0.1) is 0 Å². The Morgan fingerprint density at radius 1 is 0.784 bits per heavy atom. The summed E-state index contributed by atoms with van der Waals surface area (Å²) in [6.07, 6.45) is -0.478. The summed E-state index contributed by atoms with van der Waals surface area (Å²) in [6.45, 7) is 10.9. The maximum atomic E-state index is 11.7. The molecule has 2 aromatic carbocycles. The Balaban J connectivity index is 0.000000206. The first-order valence-corrected chi connectivity index (χ1v) is 12.0. The summed E-state index contributed by atoms with van der Waals surface area (Å²) in [4.78, 5) is 34.2. The topological polar surface area (TPSA) is 131 Å². The number of anilines is 2. The SMILES string of the molecule is CC(C)(C)OC(=O)Nc1cc(Br)cc2c1OCO2.CC(C)(C)OC(=O)Nc1cc(C=O)cc2c1OCO2. The molecule has 2 aliphatic rings. The van der Waals surface area contributed by atoms with Crippen LogP contribution in [-0.4, -0.2) is 43.3 Å². The lowest BCUT2D eigenvalue weighted by Gasteiger charge is -2.20. The van der Waals surface area contributed by atoms with Crippen molar-refractivity contribution in [2.75, 3.05) is 24.2 Å². The molecule has 4 rings (SSSR count). The van der Waals surface area contributed by atoms with Gasteiger partial charge < -0.3 is 28.4 Å². The predicted molar refractivity (Wildman–Crippen MR) is 138 cm³/mol. The van der Waals surface area contributed by atoms with E-state index >= 15 is 0 Å². The number of benzene rings is 2. The van der Waals surface area contributed by atoms with E-state index in [0.29, 0.717) is 46.2 Å². The number of nitrogens with one attached hydrogen (secondary N) is 2. The lowest BCUT2D eigenvalue weighted by molar-refractivity contribution is 0.0624. The molecule has 200 valence electrons. The summed E-state index contributed by atoms with van der Waals surface area (Å²) < 4.78 is 32.1. The molecule has 12 heteroatoms. The van der Waals surface area contributed by atoms with Gasteiger partial charge >= 0.3 is 12.2 Å². The first-order valence-electron chi connectivity index (χ1n) is 11.2. The molecule has 2 amide bonds. The number of halogens is 1. The molecule has 0 spiro atoms. The second-order valence-corrected chi connectivity index (χ2v) is 10.8. The third-order valence-electron chi connectivity index (χ3n) is 4.34. The molecule has 0 fully saturated rings. The zero-order valence-electron chi connectivity index (χ0n) is 21.4. The number of carbonyl (C=O) groups excluding carboxylic acids is 3. The monoisotopic (exact) mass is 580 g/mol. The fourth-order valence-corrected chi connectivity index (χ4v) is 3.53. The van der Waals surface area contributed by atoms with Crippen molar-refractivity contribution in [3.05, 3.63) is 34.3 Å². The first-order chi connectivity index (χ1) is 17.2. The average Bonchev–Trinajstić information content (AvgIpc) is 3.40. The highest BCUT2D eigenvalue weighted by Gasteiger charge is 2.24. The van der Waals surface area contributed by atoms with Crippen molar-refractivity contribution in [3.63, 3.8) is 0 Å². The number of amides is 2. The summed E-state index contributed by atoms with van der Waals surface area (Å²) in [6, 6.07) is 6.57. The Morgan fingerprint density at radius 3 is 1.70 bits per heavy atom. The second kappa shape index (κ2) is 11.2. The van der Waals surface area contributed by atoms with E-state index in [1.807, 2.05) is 0 Å². The number of rotatable bonds is 3. The van der Waals surface area contributed by atoms with E-state index < -0.39 is 23.4 Å². The third kappa shape index (κ3) is 8.17. The first kappa shape index (κ1) is 27.9. The smallest absolute Gasteiger partial charge is 0.412 e. The van der Waals surface area contributed by atoms with Crippen LogP contribution in [0.2, 0.25) is 0 Å². The van der Waals surface area contributed by atoms with Crippen LogP contribution in [0.1, 0.15) is 51.9 Å². The Kier molecular flexibility index (Phi) is 8.42. The largest absolute Gasteiger partial charge is 0.453 e. The minimum atomic E-state index is -0.617. The fourth-order valence-electron chi connectivity index (χ4n) is 3.09. The summed E-state index contributed by atoms with van der Waals surface area (Å²) in [5.41, 5.74) is 0.108. The molecule has 2 aliphatic heterocycles. The number of ether oxygens (including phenoxy) is 6. The van der Waals surface area contributed by atoms with E-state index in [-0.39, 0.29) is 13.6 Å². The van der Waals surface area contributed by atoms with Gasteiger partial charge in [-0.2, -0.15) is 0 Å². The molecular formula is C25H29BrN2O9. The van der Waals surface area contributed by atoms with Gasteiger partial charge in [0.1, 0.15) is 17.5 Å². The maximum absolute atomic E-state index is 11.7. The highest BCUT2D eigenvalue weighted by Crippen LogP contribution is 2.42.